The zero-order valence-electron chi connectivity index (χ0n) is 9.77. The number of hydrogen-bond donors (Lipinski definition) is 0. The standard InChI is InChI=1S/C13H13NO3/c1-8-6-13(8,12(15)16-2)9-3-4-10-11(5-9)17-7-14-10/h3-5,7-8H,6H2,1-2H3. The molecule has 0 bridgehead atoms. The number of aromatic nitrogens is 1. The van der Waals surface area contributed by atoms with Crippen LogP contribution in [-0.2, 0) is 14.9 Å². The van der Waals surface area contributed by atoms with Crippen molar-refractivity contribution in [3.8, 4) is 0 Å². The number of nitrogens with zero attached hydrogens (tertiary/aromatic N) is 1. The highest BCUT2D eigenvalue weighted by atomic mass is 16.5. The lowest BCUT2D eigenvalue weighted by Gasteiger charge is -2.14. The van der Waals surface area contributed by atoms with Crippen LogP contribution in [0.1, 0.15) is 18.9 Å². The minimum absolute atomic E-state index is 0.163. The third-order valence-electron chi connectivity index (χ3n) is 3.71. The Morgan fingerprint density at radius 2 is 2.35 bits per heavy atom. The number of fused-ring (bicyclic) bond motifs is 1. The van der Waals surface area contributed by atoms with E-state index in [0.717, 1.165) is 17.5 Å². The van der Waals surface area contributed by atoms with E-state index in [9.17, 15) is 4.79 Å². The SMILES string of the molecule is COC(=O)C1(c2ccc3ncoc3c2)CC1C. The zero-order valence-corrected chi connectivity index (χ0v) is 9.77. The fourth-order valence-electron chi connectivity index (χ4n) is 2.54. The van der Waals surface area contributed by atoms with Gasteiger partial charge in [-0.3, -0.25) is 4.79 Å². The van der Waals surface area contributed by atoms with E-state index in [4.69, 9.17) is 9.15 Å². The van der Waals surface area contributed by atoms with Crippen LogP contribution < -0.4 is 0 Å². The van der Waals surface area contributed by atoms with E-state index in [1.54, 1.807) is 0 Å². The summed E-state index contributed by atoms with van der Waals surface area (Å²) in [5.74, 6) is 0.152. The van der Waals surface area contributed by atoms with Gasteiger partial charge >= 0.3 is 5.97 Å². The highest BCUT2D eigenvalue weighted by molar-refractivity contribution is 5.88. The Hall–Kier alpha value is -1.84. The number of rotatable bonds is 2. The minimum Gasteiger partial charge on any atom is -0.468 e. The maximum absolute atomic E-state index is 11.9. The molecule has 2 atom stereocenters. The van der Waals surface area contributed by atoms with Crippen LogP contribution >= 0.6 is 0 Å². The lowest BCUT2D eigenvalue weighted by Crippen LogP contribution is -2.23. The summed E-state index contributed by atoms with van der Waals surface area (Å²) in [5, 5.41) is 0. The Kier molecular flexibility index (Phi) is 2.02. The van der Waals surface area contributed by atoms with E-state index in [1.807, 2.05) is 18.2 Å². The zero-order chi connectivity index (χ0) is 12.0. The molecule has 0 saturated heterocycles. The summed E-state index contributed by atoms with van der Waals surface area (Å²) in [6.07, 6.45) is 2.24. The summed E-state index contributed by atoms with van der Waals surface area (Å²) < 4.78 is 10.2. The van der Waals surface area contributed by atoms with Crippen molar-refractivity contribution in [3.63, 3.8) is 0 Å². The van der Waals surface area contributed by atoms with Crippen molar-refractivity contribution < 1.29 is 13.9 Å². The van der Waals surface area contributed by atoms with Crippen molar-refractivity contribution in [1.82, 2.24) is 4.98 Å². The monoisotopic (exact) mass is 231 g/mol. The first kappa shape index (κ1) is 10.3. The summed E-state index contributed by atoms with van der Waals surface area (Å²) >= 11 is 0. The van der Waals surface area contributed by atoms with Crippen LogP contribution in [0.3, 0.4) is 0 Å². The molecule has 0 N–H and O–H groups in total. The van der Waals surface area contributed by atoms with Crippen LogP contribution in [0.15, 0.2) is 29.0 Å². The molecule has 88 valence electrons. The first-order valence-electron chi connectivity index (χ1n) is 5.60. The molecule has 4 heteroatoms. The predicted molar refractivity (Wildman–Crippen MR) is 61.5 cm³/mol. The molecule has 1 aromatic heterocycles. The number of methoxy groups -OCH3 is 1. The molecule has 1 aliphatic rings. The van der Waals surface area contributed by atoms with E-state index in [-0.39, 0.29) is 5.97 Å². The van der Waals surface area contributed by atoms with E-state index >= 15 is 0 Å². The van der Waals surface area contributed by atoms with Crippen molar-refractivity contribution >= 4 is 17.1 Å². The van der Waals surface area contributed by atoms with E-state index < -0.39 is 5.41 Å². The molecule has 3 rings (SSSR count). The average Bonchev–Trinajstić information content (AvgIpc) is 2.83. The molecule has 0 aliphatic heterocycles. The third kappa shape index (κ3) is 1.30. The summed E-state index contributed by atoms with van der Waals surface area (Å²) in [4.78, 5) is 16.0. The second kappa shape index (κ2) is 3.32. The molecule has 0 radical (unpaired) electrons. The highest BCUT2D eigenvalue weighted by Crippen LogP contribution is 2.55. The second-order valence-corrected chi connectivity index (χ2v) is 4.60. The van der Waals surface area contributed by atoms with Gasteiger partial charge in [-0.15, -0.1) is 0 Å². The molecule has 1 heterocycles. The van der Waals surface area contributed by atoms with Gasteiger partial charge in [0.2, 0.25) is 0 Å². The number of carbonyl (C=O) groups excluding carboxylic acids is 1. The van der Waals surface area contributed by atoms with Crippen molar-refractivity contribution in [2.75, 3.05) is 7.11 Å². The van der Waals surface area contributed by atoms with E-state index in [1.165, 1.54) is 13.5 Å². The predicted octanol–water partition coefficient (Wildman–Crippen LogP) is 2.28. The maximum Gasteiger partial charge on any atom is 0.316 e. The highest BCUT2D eigenvalue weighted by Gasteiger charge is 2.59. The van der Waals surface area contributed by atoms with Crippen molar-refractivity contribution in [2.45, 2.75) is 18.8 Å². The number of carbonyl (C=O) groups is 1. The largest absolute Gasteiger partial charge is 0.468 e. The van der Waals surface area contributed by atoms with Crippen LogP contribution in [0.2, 0.25) is 0 Å². The van der Waals surface area contributed by atoms with E-state index in [0.29, 0.717) is 11.5 Å². The number of benzene rings is 1. The fourth-order valence-corrected chi connectivity index (χ4v) is 2.54. The lowest BCUT2D eigenvalue weighted by molar-refractivity contribution is -0.144. The van der Waals surface area contributed by atoms with Crippen LogP contribution in [0, 0.1) is 5.92 Å². The molecular weight excluding hydrogens is 218 g/mol. The Morgan fingerprint density at radius 3 is 3.00 bits per heavy atom. The van der Waals surface area contributed by atoms with Gasteiger partial charge in [0, 0.05) is 0 Å². The normalized spacial score (nSPS) is 27.1. The van der Waals surface area contributed by atoms with Gasteiger partial charge in [-0.1, -0.05) is 13.0 Å². The van der Waals surface area contributed by atoms with Gasteiger partial charge < -0.3 is 9.15 Å². The molecule has 1 aromatic carbocycles. The van der Waals surface area contributed by atoms with Gasteiger partial charge in [0.1, 0.15) is 5.52 Å². The Morgan fingerprint density at radius 1 is 1.59 bits per heavy atom. The lowest BCUT2D eigenvalue weighted by atomic mass is 9.93. The molecule has 2 unspecified atom stereocenters. The average molecular weight is 231 g/mol. The molecule has 4 nitrogen and oxygen atoms in total. The van der Waals surface area contributed by atoms with Gasteiger partial charge in [0.25, 0.3) is 0 Å². The van der Waals surface area contributed by atoms with Gasteiger partial charge in [0.05, 0.1) is 12.5 Å². The molecule has 1 fully saturated rings. The smallest absolute Gasteiger partial charge is 0.316 e. The fraction of sp³-hybridized carbons (Fsp3) is 0.385. The van der Waals surface area contributed by atoms with Crippen LogP contribution in [-0.4, -0.2) is 18.1 Å². The van der Waals surface area contributed by atoms with Crippen LogP contribution in [0.25, 0.3) is 11.1 Å². The summed E-state index contributed by atoms with van der Waals surface area (Å²) in [6.45, 7) is 2.06. The molecule has 1 saturated carbocycles. The second-order valence-electron chi connectivity index (χ2n) is 4.60. The van der Waals surface area contributed by atoms with Gasteiger partial charge in [0.15, 0.2) is 12.0 Å². The first-order chi connectivity index (χ1) is 8.18. The van der Waals surface area contributed by atoms with Crippen LogP contribution in [0.5, 0.6) is 0 Å². The summed E-state index contributed by atoms with van der Waals surface area (Å²) in [5.41, 5.74) is 2.00. The van der Waals surface area contributed by atoms with Crippen molar-refractivity contribution in [3.05, 3.63) is 30.2 Å². The van der Waals surface area contributed by atoms with Gasteiger partial charge in [-0.2, -0.15) is 0 Å². The van der Waals surface area contributed by atoms with Crippen molar-refractivity contribution in [2.24, 2.45) is 5.92 Å². The Labute approximate surface area is 98.6 Å². The van der Waals surface area contributed by atoms with Crippen molar-refractivity contribution in [1.29, 1.82) is 0 Å². The molecule has 2 aromatic rings. The molecule has 0 amide bonds. The minimum atomic E-state index is -0.476. The number of esters is 1. The Balaban J connectivity index is 2.10. The molecule has 17 heavy (non-hydrogen) atoms. The number of ether oxygens (including phenoxy) is 1. The summed E-state index contributed by atoms with van der Waals surface area (Å²) in [7, 11) is 1.43. The molecular formula is C13H13NO3. The topological polar surface area (TPSA) is 52.3 Å². The third-order valence-corrected chi connectivity index (χ3v) is 3.71. The molecule has 1 aliphatic carbocycles. The molecule has 0 spiro atoms. The van der Waals surface area contributed by atoms with Crippen LogP contribution in [0.4, 0.5) is 0 Å². The maximum atomic E-state index is 11.9. The quantitative estimate of drug-likeness (QED) is 0.744. The Bertz CT molecular complexity index is 589. The summed E-state index contributed by atoms with van der Waals surface area (Å²) in [6, 6.07) is 5.71. The first-order valence-corrected chi connectivity index (χ1v) is 5.60. The van der Waals surface area contributed by atoms with Gasteiger partial charge in [-0.05, 0) is 30.0 Å². The number of oxazole rings is 1. The number of hydrogen-bond acceptors (Lipinski definition) is 4. The van der Waals surface area contributed by atoms with E-state index in [2.05, 4.69) is 11.9 Å². The van der Waals surface area contributed by atoms with Gasteiger partial charge in [-0.25, -0.2) is 4.98 Å².